The van der Waals surface area contributed by atoms with Crippen molar-refractivity contribution in [3.05, 3.63) is 76.9 Å². The van der Waals surface area contributed by atoms with Crippen LogP contribution in [0.4, 0.5) is 9.18 Å². The Morgan fingerprint density at radius 3 is 2.67 bits per heavy atom. The number of carbonyl (C=O) groups excluding carboxylic acids is 3. The van der Waals surface area contributed by atoms with E-state index in [0.717, 1.165) is 52.0 Å². The monoisotopic (exact) mass is 528 g/mol. The standard InChI is InChI=1S/C30H29FN4O4/c1-33-15-23(14-32-33)19-5-8-25-21(12-19)10-11-30(25)28(37)35(29(38)39-30)17-27(36)34-16-22-4-7-24(31)13-20(22)6-9-26(34)18-2-3-18/h4-5,7-8,12-15,18,26H,2-3,6,9-11,16-17H2,1H3/t26-,30-/m0/s1. The molecule has 2 aromatic carbocycles. The second-order valence-electron chi connectivity index (χ2n) is 11.2. The highest BCUT2D eigenvalue weighted by atomic mass is 19.1. The van der Waals surface area contributed by atoms with Crippen LogP contribution in [0.15, 0.2) is 48.8 Å². The zero-order chi connectivity index (χ0) is 26.9. The second-order valence-corrected chi connectivity index (χ2v) is 11.2. The third kappa shape index (κ3) is 3.94. The quantitative estimate of drug-likeness (QED) is 0.509. The number of ether oxygens (including phenoxy) is 1. The van der Waals surface area contributed by atoms with Crippen LogP contribution in [0, 0.1) is 11.7 Å². The first-order valence-corrected chi connectivity index (χ1v) is 13.6. The number of amides is 3. The third-order valence-electron chi connectivity index (χ3n) is 8.80. The molecular formula is C30H29FN4O4. The van der Waals surface area contributed by atoms with E-state index in [1.807, 2.05) is 31.4 Å². The maximum atomic E-state index is 13.9. The Morgan fingerprint density at radius 2 is 1.90 bits per heavy atom. The van der Waals surface area contributed by atoms with E-state index in [9.17, 15) is 18.8 Å². The first kappa shape index (κ1) is 24.1. The number of imide groups is 1. The second kappa shape index (κ2) is 8.76. The van der Waals surface area contributed by atoms with Crippen LogP contribution in [0.5, 0.6) is 0 Å². The molecule has 2 atom stereocenters. The summed E-state index contributed by atoms with van der Waals surface area (Å²) < 4.78 is 21.4. The molecule has 1 saturated carbocycles. The van der Waals surface area contributed by atoms with Gasteiger partial charge < -0.3 is 9.64 Å². The number of halogens is 1. The largest absolute Gasteiger partial charge is 0.427 e. The van der Waals surface area contributed by atoms with E-state index in [1.165, 1.54) is 6.07 Å². The molecule has 3 aromatic rings. The Labute approximate surface area is 225 Å². The third-order valence-corrected chi connectivity index (χ3v) is 8.80. The Hall–Kier alpha value is -4.01. The van der Waals surface area contributed by atoms with Gasteiger partial charge in [-0.05, 0) is 72.4 Å². The molecule has 39 heavy (non-hydrogen) atoms. The topological polar surface area (TPSA) is 84.7 Å². The molecule has 0 bridgehead atoms. The van der Waals surface area contributed by atoms with Gasteiger partial charge in [0.15, 0.2) is 0 Å². The summed E-state index contributed by atoms with van der Waals surface area (Å²) in [6.07, 6.45) is 7.40. The first-order chi connectivity index (χ1) is 18.8. The van der Waals surface area contributed by atoms with E-state index in [4.69, 9.17) is 4.74 Å². The Morgan fingerprint density at radius 1 is 1.05 bits per heavy atom. The fourth-order valence-corrected chi connectivity index (χ4v) is 6.61. The van der Waals surface area contributed by atoms with Gasteiger partial charge in [-0.3, -0.25) is 14.3 Å². The minimum atomic E-state index is -1.39. The molecule has 4 aliphatic rings. The molecule has 0 unspecified atom stereocenters. The fraction of sp³-hybridized carbons (Fsp3) is 0.400. The van der Waals surface area contributed by atoms with E-state index in [1.54, 1.807) is 27.9 Å². The molecule has 7 rings (SSSR count). The summed E-state index contributed by atoms with van der Waals surface area (Å²) in [6.45, 7) is -0.0138. The Balaban J connectivity index is 1.14. The van der Waals surface area contributed by atoms with Gasteiger partial charge in [0.05, 0.1) is 6.20 Å². The first-order valence-electron chi connectivity index (χ1n) is 13.6. The van der Waals surface area contributed by atoms with Gasteiger partial charge in [-0.1, -0.05) is 24.3 Å². The lowest BCUT2D eigenvalue weighted by Gasteiger charge is -2.31. The average Bonchev–Trinajstić information content (AvgIpc) is 3.55. The van der Waals surface area contributed by atoms with Gasteiger partial charge >= 0.3 is 6.09 Å². The van der Waals surface area contributed by atoms with Gasteiger partial charge in [-0.25, -0.2) is 14.1 Å². The number of aromatic nitrogens is 2. The molecule has 0 N–H and O–H groups in total. The number of nitrogens with zero attached hydrogens (tertiary/aromatic N) is 4. The molecule has 3 heterocycles. The molecule has 9 heteroatoms. The van der Waals surface area contributed by atoms with Gasteiger partial charge in [-0.2, -0.15) is 5.10 Å². The van der Waals surface area contributed by atoms with Crippen molar-refractivity contribution in [1.82, 2.24) is 19.6 Å². The van der Waals surface area contributed by atoms with Crippen LogP contribution >= 0.6 is 0 Å². The summed E-state index contributed by atoms with van der Waals surface area (Å²) in [5.41, 5.74) is 4.03. The van der Waals surface area contributed by atoms with Crippen LogP contribution in [0.25, 0.3) is 11.1 Å². The predicted molar refractivity (Wildman–Crippen MR) is 139 cm³/mol. The van der Waals surface area contributed by atoms with Gasteiger partial charge in [0.2, 0.25) is 11.5 Å². The van der Waals surface area contributed by atoms with E-state index < -0.39 is 17.6 Å². The van der Waals surface area contributed by atoms with Crippen molar-refractivity contribution in [2.24, 2.45) is 13.0 Å². The van der Waals surface area contributed by atoms with Crippen molar-refractivity contribution >= 4 is 17.9 Å². The summed E-state index contributed by atoms with van der Waals surface area (Å²) in [6, 6.07) is 10.5. The van der Waals surface area contributed by atoms with Crippen molar-refractivity contribution < 1.29 is 23.5 Å². The summed E-state index contributed by atoms with van der Waals surface area (Å²) in [5.74, 6) is -0.640. The lowest BCUT2D eigenvalue weighted by molar-refractivity contribution is -0.143. The molecule has 200 valence electrons. The van der Waals surface area contributed by atoms with Gasteiger partial charge in [0.25, 0.3) is 5.91 Å². The Kier molecular flexibility index (Phi) is 5.40. The number of hydrogen-bond donors (Lipinski definition) is 0. The summed E-state index contributed by atoms with van der Waals surface area (Å²) in [5, 5.41) is 4.23. The predicted octanol–water partition coefficient (Wildman–Crippen LogP) is 4.10. The van der Waals surface area contributed by atoms with Crippen molar-refractivity contribution in [1.29, 1.82) is 0 Å². The highest BCUT2D eigenvalue weighted by Gasteiger charge is 2.58. The molecule has 1 saturated heterocycles. The smallest absolute Gasteiger partial charge is 0.418 e. The van der Waals surface area contributed by atoms with E-state index >= 15 is 0 Å². The lowest BCUT2D eigenvalue weighted by Crippen LogP contribution is -2.48. The molecule has 1 spiro atoms. The van der Waals surface area contributed by atoms with Crippen molar-refractivity contribution in [2.75, 3.05) is 6.54 Å². The SMILES string of the molecule is Cn1cc(-c2ccc3c(c2)CC[C@]32OC(=O)N(CC(=O)N3Cc4ccc(F)cc4CC[C@H]3C3CC3)C2=O)cn1. The average molecular weight is 529 g/mol. The summed E-state index contributed by atoms with van der Waals surface area (Å²) >= 11 is 0. The van der Waals surface area contributed by atoms with E-state index in [-0.39, 0.29) is 24.3 Å². The molecule has 3 amide bonds. The van der Waals surface area contributed by atoms with Crippen LogP contribution in [0.1, 0.15) is 47.9 Å². The van der Waals surface area contributed by atoms with Crippen LogP contribution < -0.4 is 0 Å². The lowest BCUT2D eigenvalue weighted by atomic mass is 9.93. The van der Waals surface area contributed by atoms with Crippen LogP contribution in [0.3, 0.4) is 0 Å². The zero-order valence-electron chi connectivity index (χ0n) is 21.7. The van der Waals surface area contributed by atoms with Crippen LogP contribution in [-0.4, -0.2) is 50.1 Å². The maximum Gasteiger partial charge on any atom is 0.418 e. The highest BCUT2D eigenvalue weighted by Crippen LogP contribution is 2.46. The normalized spacial score (nSPS) is 24.1. The Bertz CT molecular complexity index is 1530. The number of aryl methyl sites for hydroxylation is 3. The van der Waals surface area contributed by atoms with Crippen LogP contribution in [-0.2, 0) is 46.4 Å². The minimum Gasteiger partial charge on any atom is -0.427 e. The summed E-state index contributed by atoms with van der Waals surface area (Å²) in [4.78, 5) is 43.3. The molecule has 2 aliphatic heterocycles. The molecule has 8 nitrogen and oxygen atoms in total. The zero-order valence-corrected chi connectivity index (χ0v) is 21.7. The van der Waals surface area contributed by atoms with Crippen molar-refractivity contribution in [2.45, 2.75) is 56.7 Å². The number of carbonyl (C=O) groups is 3. The van der Waals surface area contributed by atoms with E-state index in [0.29, 0.717) is 37.3 Å². The molecule has 0 radical (unpaired) electrons. The minimum absolute atomic E-state index is 0.00810. The number of fused-ring (bicyclic) bond motifs is 3. The van der Waals surface area contributed by atoms with Crippen LogP contribution in [0.2, 0.25) is 0 Å². The number of rotatable bonds is 4. The van der Waals surface area contributed by atoms with E-state index in [2.05, 4.69) is 5.10 Å². The highest BCUT2D eigenvalue weighted by molar-refractivity contribution is 6.06. The van der Waals surface area contributed by atoms with Gasteiger partial charge in [0, 0.05) is 43.4 Å². The molecule has 2 aliphatic carbocycles. The van der Waals surface area contributed by atoms with Crippen molar-refractivity contribution in [3.63, 3.8) is 0 Å². The van der Waals surface area contributed by atoms with Crippen molar-refractivity contribution in [3.8, 4) is 11.1 Å². The van der Waals surface area contributed by atoms with Gasteiger partial charge in [-0.15, -0.1) is 0 Å². The fourth-order valence-electron chi connectivity index (χ4n) is 6.61. The van der Waals surface area contributed by atoms with Gasteiger partial charge in [0.1, 0.15) is 12.4 Å². The molecule has 1 aromatic heterocycles. The molecular weight excluding hydrogens is 499 g/mol. The summed E-state index contributed by atoms with van der Waals surface area (Å²) in [7, 11) is 1.86. The number of hydrogen-bond acceptors (Lipinski definition) is 5. The molecule has 2 fully saturated rings. The maximum absolute atomic E-state index is 13.9. The number of benzene rings is 2.